The molecule has 12 heavy (non-hydrogen) atoms. The average Bonchev–Trinajstić information content (AvgIpc) is 2.00. The molecule has 0 aromatic heterocycles. The highest BCUT2D eigenvalue weighted by atomic mass is 16.5. The monoisotopic (exact) mass is 168 g/mol. The van der Waals surface area contributed by atoms with Crippen molar-refractivity contribution in [2.75, 3.05) is 0 Å². The van der Waals surface area contributed by atoms with Gasteiger partial charge in [-0.1, -0.05) is 12.7 Å². The Hall–Kier alpha value is -1.38. The van der Waals surface area contributed by atoms with Gasteiger partial charge in [-0.3, -0.25) is 9.59 Å². The fourth-order valence-corrected chi connectivity index (χ4v) is 0.714. The van der Waals surface area contributed by atoms with E-state index in [0.29, 0.717) is 0 Å². The zero-order chi connectivity index (χ0) is 9.56. The number of carbonyl (C=O) groups is 2. The maximum absolute atomic E-state index is 10.8. The van der Waals surface area contributed by atoms with Gasteiger partial charge in [0, 0.05) is 5.92 Å². The van der Waals surface area contributed by atoms with Gasteiger partial charge in [0.25, 0.3) is 0 Å². The predicted molar refractivity (Wildman–Crippen MR) is 45.3 cm³/mol. The van der Waals surface area contributed by atoms with Gasteiger partial charge in [-0.05, 0) is 6.92 Å². The molecule has 0 aliphatic carbocycles. The van der Waals surface area contributed by atoms with E-state index < -0.39 is 11.9 Å². The number of ether oxygens (including phenoxy) is 1. The second-order valence-electron chi connectivity index (χ2n) is 2.31. The maximum Gasteiger partial charge on any atom is 0.311 e. The molecule has 0 fully saturated rings. The molecule has 0 aromatic carbocycles. The molecule has 0 N–H and O–H groups in total. The Morgan fingerprint density at radius 1 is 1.50 bits per heavy atom. The summed E-state index contributed by atoms with van der Waals surface area (Å²) in [6.45, 7) is 8.08. The molecule has 0 aromatic rings. The van der Waals surface area contributed by atoms with E-state index in [1.54, 1.807) is 0 Å². The van der Waals surface area contributed by atoms with Crippen molar-refractivity contribution in [1.29, 1.82) is 0 Å². The Labute approximate surface area is 71.7 Å². The molecular weight excluding hydrogens is 156 g/mol. The Morgan fingerprint density at radius 3 is 2.42 bits per heavy atom. The van der Waals surface area contributed by atoms with E-state index in [0.717, 1.165) is 6.26 Å². The molecule has 0 heterocycles. The summed E-state index contributed by atoms with van der Waals surface area (Å²) in [4.78, 5) is 21.6. The summed E-state index contributed by atoms with van der Waals surface area (Å²) in [5.74, 6) is -1.01. The number of hydrogen-bond donors (Lipinski definition) is 0. The Balaban J connectivity index is 4.02. The zero-order valence-electron chi connectivity index (χ0n) is 7.08. The minimum atomic E-state index is -0.467. The quantitative estimate of drug-likeness (QED) is 0.354. The molecule has 66 valence electrons. The third kappa shape index (κ3) is 3.71. The second kappa shape index (κ2) is 5.29. The largest absolute Gasteiger partial charge is 0.435 e. The SMILES string of the molecule is C=COC(=O)CC(C=C)C(C)=O. The second-order valence-corrected chi connectivity index (χ2v) is 2.31. The van der Waals surface area contributed by atoms with Crippen LogP contribution in [-0.2, 0) is 14.3 Å². The summed E-state index contributed by atoms with van der Waals surface area (Å²) in [6, 6.07) is 0. The van der Waals surface area contributed by atoms with Crippen molar-refractivity contribution >= 4 is 11.8 Å². The molecule has 0 saturated carbocycles. The minimum Gasteiger partial charge on any atom is -0.435 e. The number of Topliss-reactive ketones (excluding diaryl/α,β-unsaturated/α-hetero) is 1. The number of rotatable bonds is 5. The van der Waals surface area contributed by atoms with E-state index in [9.17, 15) is 9.59 Å². The van der Waals surface area contributed by atoms with E-state index in [2.05, 4.69) is 17.9 Å². The van der Waals surface area contributed by atoms with Gasteiger partial charge < -0.3 is 4.74 Å². The molecule has 0 radical (unpaired) electrons. The minimum absolute atomic E-state index is 0.0326. The summed E-state index contributed by atoms with van der Waals surface area (Å²) in [5.41, 5.74) is 0. The summed E-state index contributed by atoms with van der Waals surface area (Å²) >= 11 is 0. The van der Waals surface area contributed by atoms with Crippen molar-refractivity contribution in [3.05, 3.63) is 25.5 Å². The molecule has 0 aliphatic rings. The molecule has 0 bridgehead atoms. The van der Waals surface area contributed by atoms with Crippen LogP contribution in [0.15, 0.2) is 25.5 Å². The first-order valence-electron chi connectivity index (χ1n) is 3.55. The molecule has 0 spiro atoms. The first-order valence-corrected chi connectivity index (χ1v) is 3.55. The van der Waals surface area contributed by atoms with E-state index in [-0.39, 0.29) is 12.2 Å². The van der Waals surface area contributed by atoms with Crippen LogP contribution in [0.25, 0.3) is 0 Å². The van der Waals surface area contributed by atoms with Crippen LogP contribution in [0.5, 0.6) is 0 Å². The number of allylic oxidation sites excluding steroid dienone is 1. The van der Waals surface area contributed by atoms with Crippen LogP contribution in [0.2, 0.25) is 0 Å². The molecule has 0 saturated heterocycles. The first kappa shape index (κ1) is 10.6. The fourth-order valence-electron chi connectivity index (χ4n) is 0.714. The molecule has 0 amide bonds. The van der Waals surface area contributed by atoms with Crippen LogP contribution >= 0.6 is 0 Å². The van der Waals surface area contributed by atoms with Crippen LogP contribution in [0, 0.1) is 5.92 Å². The van der Waals surface area contributed by atoms with Gasteiger partial charge in [0.2, 0.25) is 0 Å². The van der Waals surface area contributed by atoms with Gasteiger partial charge in [-0.15, -0.1) is 6.58 Å². The third-order valence-corrected chi connectivity index (χ3v) is 1.41. The summed E-state index contributed by atoms with van der Waals surface area (Å²) < 4.78 is 4.45. The van der Waals surface area contributed by atoms with Crippen LogP contribution in [0.4, 0.5) is 0 Å². The van der Waals surface area contributed by atoms with E-state index in [4.69, 9.17) is 0 Å². The lowest BCUT2D eigenvalue weighted by molar-refractivity contribution is -0.140. The predicted octanol–water partition coefficient (Wildman–Crippen LogP) is 1.45. The number of hydrogen-bond acceptors (Lipinski definition) is 3. The molecule has 3 nitrogen and oxygen atoms in total. The number of esters is 1. The molecule has 0 rings (SSSR count). The van der Waals surface area contributed by atoms with Crippen LogP contribution in [0.3, 0.4) is 0 Å². The zero-order valence-corrected chi connectivity index (χ0v) is 7.08. The van der Waals surface area contributed by atoms with E-state index in [1.165, 1.54) is 13.0 Å². The van der Waals surface area contributed by atoms with Gasteiger partial charge >= 0.3 is 5.97 Å². The summed E-state index contributed by atoms with van der Waals surface area (Å²) in [5, 5.41) is 0. The molecule has 1 atom stereocenters. The van der Waals surface area contributed by atoms with Crippen LogP contribution in [-0.4, -0.2) is 11.8 Å². The maximum atomic E-state index is 10.8. The fraction of sp³-hybridized carbons (Fsp3) is 0.333. The van der Waals surface area contributed by atoms with E-state index >= 15 is 0 Å². The highest BCUT2D eigenvalue weighted by Gasteiger charge is 2.14. The van der Waals surface area contributed by atoms with Gasteiger partial charge in [-0.25, -0.2) is 0 Å². The third-order valence-electron chi connectivity index (χ3n) is 1.41. The van der Waals surface area contributed by atoms with Crippen LogP contribution < -0.4 is 0 Å². The van der Waals surface area contributed by atoms with Gasteiger partial charge in [0.05, 0.1) is 12.7 Å². The van der Waals surface area contributed by atoms with Crippen molar-refractivity contribution in [1.82, 2.24) is 0 Å². The number of carbonyl (C=O) groups excluding carboxylic acids is 2. The Bertz CT molecular complexity index is 206. The Kier molecular flexibility index (Phi) is 4.69. The molecule has 0 aliphatic heterocycles. The lowest BCUT2D eigenvalue weighted by Gasteiger charge is -2.05. The van der Waals surface area contributed by atoms with Gasteiger partial charge in [0.1, 0.15) is 5.78 Å². The Morgan fingerprint density at radius 2 is 2.08 bits per heavy atom. The molecule has 1 unspecified atom stereocenters. The topological polar surface area (TPSA) is 43.4 Å². The van der Waals surface area contributed by atoms with Crippen molar-refractivity contribution in [3.63, 3.8) is 0 Å². The van der Waals surface area contributed by atoms with Gasteiger partial charge in [0.15, 0.2) is 0 Å². The van der Waals surface area contributed by atoms with Crippen molar-refractivity contribution in [3.8, 4) is 0 Å². The first-order chi connectivity index (χ1) is 5.61. The van der Waals surface area contributed by atoms with Crippen molar-refractivity contribution in [2.45, 2.75) is 13.3 Å². The van der Waals surface area contributed by atoms with E-state index in [1.807, 2.05) is 0 Å². The normalized spacial score (nSPS) is 11.4. The summed E-state index contributed by atoms with van der Waals surface area (Å²) in [6.07, 6.45) is 2.51. The van der Waals surface area contributed by atoms with Crippen molar-refractivity contribution in [2.24, 2.45) is 5.92 Å². The van der Waals surface area contributed by atoms with Crippen molar-refractivity contribution < 1.29 is 14.3 Å². The summed E-state index contributed by atoms with van der Waals surface area (Å²) in [7, 11) is 0. The lowest BCUT2D eigenvalue weighted by Crippen LogP contribution is -2.13. The molecule has 3 heteroatoms. The standard InChI is InChI=1S/C9H12O3/c1-4-8(7(3)10)6-9(11)12-5-2/h4-5,8H,1-2,6H2,3H3. The lowest BCUT2D eigenvalue weighted by atomic mass is 10.0. The highest BCUT2D eigenvalue weighted by molar-refractivity contribution is 5.85. The smallest absolute Gasteiger partial charge is 0.311 e. The average molecular weight is 168 g/mol. The highest BCUT2D eigenvalue weighted by Crippen LogP contribution is 2.06. The van der Waals surface area contributed by atoms with Crippen LogP contribution in [0.1, 0.15) is 13.3 Å². The molecular formula is C9H12O3. The number of ketones is 1. The van der Waals surface area contributed by atoms with Gasteiger partial charge in [-0.2, -0.15) is 0 Å².